The van der Waals surface area contributed by atoms with Gasteiger partial charge in [0.25, 0.3) is 0 Å². The number of aromatic nitrogens is 2. The molecule has 0 amide bonds. The fraction of sp³-hybridized carbons (Fsp3) is 0.562. The van der Waals surface area contributed by atoms with Gasteiger partial charge in [-0.25, -0.2) is 0 Å². The molecule has 1 unspecified atom stereocenters. The highest BCUT2D eigenvalue weighted by molar-refractivity contribution is 5.35. The second-order valence-electron chi connectivity index (χ2n) is 5.44. The van der Waals surface area contributed by atoms with Crippen LogP contribution in [0.1, 0.15) is 47.7 Å². The van der Waals surface area contributed by atoms with Crippen molar-refractivity contribution in [2.75, 3.05) is 6.54 Å². The summed E-state index contributed by atoms with van der Waals surface area (Å²) in [5.41, 5.74) is 3.66. The summed E-state index contributed by atoms with van der Waals surface area (Å²) in [5, 5.41) is 8.13. The Morgan fingerprint density at radius 1 is 1.30 bits per heavy atom. The Morgan fingerprint density at radius 2 is 2.05 bits per heavy atom. The molecule has 1 atom stereocenters. The van der Waals surface area contributed by atoms with E-state index in [1.165, 1.54) is 11.1 Å². The number of hydrogen-bond donors (Lipinski definition) is 1. The van der Waals surface area contributed by atoms with E-state index in [1.54, 1.807) is 0 Å². The van der Waals surface area contributed by atoms with Gasteiger partial charge < -0.3 is 9.73 Å². The van der Waals surface area contributed by atoms with E-state index in [2.05, 4.69) is 30.3 Å². The predicted molar refractivity (Wildman–Crippen MR) is 80.9 cm³/mol. The highest BCUT2D eigenvalue weighted by atomic mass is 16.3. The third-order valence-electron chi connectivity index (χ3n) is 3.79. The summed E-state index contributed by atoms with van der Waals surface area (Å²) in [4.78, 5) is 0. The third-order valence-corrected chi connectivity index (χ3v) is 3.79. The van der Waals surface area contributed by atoms with E-state index < -0.39 is 0 Å². The Morgan fingerprint density at radius 3 is 2.55 bits per heavy atom. The molecule has 0 fully saturated rings. The number of nitrogens with zero attached hydrogens (tertiary/aromatic N) is 2. The van der Waals surface area contributed by atoms with Crippen LogP contribution in [0, 0.1) is 20.8 Å². The van der Waals surface area contributed by atoms with Crippen molar-refractivity contribution in [3.05, 3.63) is 40.6 Å². The van der Waals surface area contributed by atoms with Crippen LogP contribution in [0.3, 0.4) is 0 Å². The number of furan rings is 1. The van der Waals surface area contributed by atoms with Crippen molar-refractivity contribution >= 4 is 0 Å². The van der Waals surface area contributed by atoms with Crippen molar-refractivity contribution < 1.29 is 4.42 Å². The van der Waals surface area contributed by atoms with Gasteiger partial charge in [0.1, 0.15) is 11.5 Å². The highest BCUT2D eigenvalue weighted by Crippen LogP contribution is 2.29. The number of nitrogens with one attached hydrogen (secondary N) is 1. The summed E-state index contributed by atoms with van der Waals surface area (Å²) in [6.07, 6.45) is 4.00. The molecule has 0 bridgehead atoms. The van der Waals surface area contributed by atoms with Crippen LogP contribution in [0.4, 0.5) is 0 Å². The molecule has 4 nitrogen and oxygen atoms in total. The average molecular weight is 275 g/mol. The van der Waals surface area contributed by atoms with Crippen LogP contribution in [0.5, 0.6) is 0 Å². The monoisotopic (exact) mass is 275 g/mol. The molecule has 1 N–H and O–H groups in total. The largest absolute Gasteiger partial charge is 0.466 e. The molecule has 4 heteroatoms. The normalized spacial score (nSPS) is 12.8. The van der Waals surface area contributed by atoms with Crippen LogP contribution >= 0.6 is 0 Å². The molecule has 0 aromatic carbocycles. The van der Waals surface area contributed by atoms with Gasteiger partial charge in [0.2, 0.25) is 0 Å². The molecule has 20 heavy (non-hydrogen) atoms. The Bertz CT molecular complexity index is 568. The zero-order valence-electron chi connectivity index (χ0n) is 13.2. The van der Waals surface area contributed by atoms with Gasteiger partial charge in [-0.2, -0.15) is 5.10 Å². The summed E-state index contributed by atoms with van der Waals surface area (Å²) < 4.78 is 7.64. The zero-order valence-corrected chi connectivity index (χ0v) is 13.2. The lowest BCUT2D eigenvalue weighted by Gasteiger charge is -2.18. The topological polar surface area (TPSA) is 43.0 Å². The van der Waals surface area contributed by atoms with Gasteiger partial charge in [-0.3, -0.25) is 4.68 Å². The SMILES string of the molecule is CCCNC(Cc1ccn(C)n1)c1c(C)oc(C)c1C. The van der Waals surface area contributed by atoms with E-state index in [-0.39, 0.29) is 6.04 Å². The molecule has 2 rings (SSSR count). The van der Waals surface area contributed by atoms with Gasteiger partial charge in [0.05, 0.1) is 5.69 Å². The molecule has 0 spiro atoms. The fourth-order valence-corrected chi connectivity index (χ4v) is 2.70. The smallest absolute Gasteiger partial charge is 0.106 e. The van der Waals surface area contributed by atoms with Crippen molar-refractivity contribution in [2.24, 2.45) is 7.05 Å². The molecule has 0 saturated heterocycles. The molecular weight excluding hydrogens is 250 g/mol. The standard InChI is InChI=1S/C16H25N3O/c1-6-8-17-15(10-14-7-9-19(5)18-14)16-11(2)12(3)20-13(16)4/h7,9,15,17H,6,8,10H2,1-5H3. The van der Waals surface area contributed by atoms with Crippen molar-refractivity contribution in [1.82, 2.24) is 15.1 Å². The molecule has 0 aliphatic rings. The molecule has 2 aromatic heterocycles. The summed E-state index contributed by atoms with van der Waals surface area (Å²) in [6.45, 7) is 9.41. The number of aryl methyl sites for hydroxylation is 3. The van der Waals surface area contributed by atoms with E-state index in [9.17, 15) is 0 Å². The molecule has 110 valence electrons. The Balaban J connectivity index is 2.26. The molecule has 2 heterocycles. The lowest BCUT2D eigenvalue weighted by atomic mass is 9.98. The predicted octanol–water partition coefficient (Wildman–Crippen LogP) is 3.22. The van der Waals surface area contributed by atoms with Crippen LogP contribution in [-0.2, 0) is 13.5 Å². The van der Waals surface area contributed by atoms with Gasteiger partial charge in [-0.15, -0.1) is 0 Å². The minimum atomic E-state index is 0.266. The third kappa shape index (κ3) is 3.12. The second kappa shape index (κ2) is 6.27. The minimum absolute atomic E-state index is 0.266. The number of hydrogen-bond acceptors (Lipinski definition) is 3. The summed E-state index contributed by atoms with van der Waals surface area (Å²) >= 11 is 0. The molecule has 0 radical (unpaired) electrons. The Hall–Kier alpha value is -1.55. The maximum Gasteiger partial charge on any atom is 0.106 e. The van der Waals surface area contributed by atoms with Crippen molar-refractivity contribution in [2.45, 2.75) is 46.6 Å². The molecule has 0 saturated carbocycles. The minimum Gasteiger partial charge on any atom is -0.466 e. The quantitative estimate of drug-likeness (QED) is 0.880. The highest BCUT2D eigenvalue weighted by Gasteiger charge is 2.21. The molecule has 2 aromatic rings. The van der Waals surface area contributed by atoms with Crippen LogP contribution in [0.25, 0.3) is 0 Å². The lowest BCUT2D eigenvalue weighted by molar-refractivity contribution is 0.478. The first kappa shape index (κ1) is 14.9. The van der Waals surface area contributed by atoms with Crippen molar-refractivity contribution in [3.8, 4) is 0 Å². The first-order chi connectivity index (χ1) is 9.52. The van der Waals surface area contributed by atoms with E-state index >= 15 is 0 Å². The Kier molecular flexibility index (Phi) is 4.65. The summed E-state index contributed by atoms with van der Waals surface area (Å²) in [5.74, 6) is 2.03. The van der Waals surface area contributed by atoms with E-state index in [4.69, 9.17) is 4.42 Å². The fourth-order valence-electron chi connectivity index (χ4n) is 2.70. The van der Waals surface area contributed by atoms with Crippen molar-refractivity contribution in [3.63, 3.8) is 0 Å². The van der Waals surface area contributed by atoms with Gasteiger partial charge >= 0.3 is 0 Å². The van der Waals surface area contributed by atoms with E-state index in [0.717, 1.165) is 36.6 Å². The van der Waals surface area contributed by atoms with E-state index in [1.807, 2.05) is 31.8 Å². The van der Waals surface area contributed by atoms with Crippen LogP contribution < -0.4 is 5.32 Å². The van der Waals surface area contributed by atoms with Gasteiger partial charge in [-0.05, 0) is 45.4 Å². The zero-order chi connectivity index (χ0) is 14.7. The van der Waals surface area contributed by atoms with Crippen LogP contribution in [0.15, 0.2) is 16.7 Å². The van der Waals surface area contributed by atoms with Crippen LogP contribution in [0.2, 0.25) is 0 Å². The average Bonchev–Trinajstić information content (AvgIpc) is 2.90. The Labute approximate surface area is 121 Å². The first-order valence-corrected chi connectivity index (χ1v) is 7.31. The molecule has 0 aliphatic carbocycles. The summed E-state index contributed by atoms with van der Waals surface area (Å²) in [6, 6.07) is 2.35. The van der Waals surface area contributed by atoms with Crippen molar-refractivity contribution in [1.29, 1.82) is 0 Å². The van der Waals surface area contributed by atoms with Gasteiger partial charge in [0, 0.05) is 31.3 Å². The van der Waals surface area contributed by atoms with Gasteiger partial charge in [0.15, 0.2) is 0 Å². The van der Waals surface area contributed by atoms with Gasteiger partial charge in [-0.1, -0.05) is 6.92 Å². The number of rotatable bonds is 6. The molecular formula is C16H25N3O. The molecule has 0 aliphatic heterocycles. The first-order valence-electron chi connectivity index (χ1n) is 7.31. The maximum atomic E-state index is 5.78. The van der Waals surface area contributed by atoms with E-state index in [0.29, 0.717) is 0 Å². The summed E-state index contributed by atoms with van der Waals surface area (Å²) in [7, 11) is 1.95. The van der Waals surface area contributed by atoms with Crippen LogP contribution in [-0.4, -0.2) is 16.3 Å². The maximum absolute atomic E-state index is 5.78. The second-order valence-corrected chi connectivity index (χ2v) is 5.44. The lowest BCUT2D eigenvalue weighted by Crippen LogP contribution is -2.25.